The molecular weight excluding hydrogens is 250 g/mol. The van der Waals surface area contributed by atoms with Crippen molar-refractivity contribution in [3.8, 4) is 5.75 Å². The molecule has 0 radical (unpaired) electrons. The number of nitrogens with one attached hydrogen (secondary N) is 1. The van der Waals surface area contributed by atoms with E-state index in [0.29, 0.717) is 0 Å². The van der Waals surface area contributed by atoms with Crippen LogP contribution in [0.15, 0.2) is 42.5 Å². The van der Waals surface area contributed by atoms with Crippen LogP contribution in [0.1, 0.15) is 22.3 Å². The Kier molecular flexibility index (Phi) is 4.00. The van der Waals surface area contributed by atoms with Gasteiger partial charge < -0.3 is 15.2 Å². The zero-order chi connectivity index (χ0) is 13.8. The maximum Gasteiger partial charge on any atom is 0.122 e. The minimum Gasteiger partial charge on any atom is -0.493 e. The van der Waals surface area contributed by atoms with Crippen molar-refractivity contribution in [2.45, 2.75) is 26.1 Å². The number of aliphatic hydroxyl groups excluding tert-OH is 1. The summed E-state index contributed by atoms with van der Waals surface area (Å²) in [6.07, 6.45) is 1.01. The van der Waals surface area contributed by atoms with E-state index in [9.17, 15) is 5.11 Å². The van der Waals surface area contributed by atoms with E-state index in [0.717, 1.165) is 43.0 Å². The van der Waals surface area contributed by atoms with Gasteiger partial charge in [0.25, 0.3) is 0 Å². The fourth-order valence-electron chi connectivity index (χ4n) is 2.58. The highest BCUT2D eigenvalue weighted by molar-refractivity contribution is 5.39. The smallest absolute Gasteiger partial charge is 0.122 e. The van der Waals surface area contributed by atoms with E-state index in [2.05, 4.69) is 29.6 Å². The lowest BCUT2D eigenvalue weighted by molar-refractivity contribution is 0.280. The predicted molar refractivity (Wildman–Crippen MR) is 78.5 cm³/mol. The van der Waals surface area contributed by atoms with Gasteiger partial charge in [0.1, 0.15) is 5.75 Å². The zero-order valence-electron chi connectivity index (χ0n) is 11.4. The summed E-state index contributed by atoms with van der Waals surface area (Å²) >= 11 is 0. The van der Waals surface area contributed by atoms with Gasteiger partial charge >= 0.3 is 0 Å². The summed E-state index contributed by atoms with van der Waals surface area (Å²) in [5, 5.41) is 12.7. The molecule has 0 atom stereocenters. The molecule has 0 unspecified atom stereocenters. The molecule has 0 saturated heterocycles. The van der Waals surface area contributed by atoms with E-state index in [-0.39, 0.29) is 6.61 Å². The monoisotopic (exact) mass is 269 g/mol. The Bertz CT molecular complexity index is 595. The quantitative estimate of drug-likeness (QED) is 0.876. The van der Waals surface area contributed by atoms with E-state index in [1.165, 1.54) is 11.1 Å². The summed E-state index contributed by atoms with van der Waals surface area (Å²) in [4.78, 5) is 0. The average Bonchev–Trinajstić information content (AvgIpc) is 2.95. The summed E-state index contributed by atoms with van der Waals surface area (Å²) in [5.74, 6) is 1.03. The van der Waals surface area contributed by atoms with Gasteiger partial charge in [-0.05, 0) is 28.3 Å². The third-order valence-corrected chi connectivity index (χ3v) is 3.69. The fraction of sp³-hybridized carbons (Fsp3) is 0.294. The zero-order valence-corrected chi connectivity index (χ0v) is 11.4. The molecule has 20 heavy (non-hydrogen) atoms. The van der Waals surface area contributed by atoms with Crippen LogP contribution < -0.4 is 10.1 Å². The van der Waals surface area contributed by atoms with E-state index in [1.54, 1.807) is 0 Å². The highest BCUT2D eigenvalue weighted by atomic mass is 16.5. The van der Waals surface area contributed by atoms with Crippen LogP contribution in [0, 0.1) is 0 Å². The van der Waals surface area contributed by atoms with Crippen LogP contribution in [0.2, 0.25) is 0 Å². The molecule has 0 aliphatic carbocycles. The first-order valence-corrected chi connectivity index (χ1v) is 7.00. The van der Waals surface area contributed by atoms with E-state index in [1.807, 2.05) is 18.2 Å². The van der Waals surface area contributed by atoms with Crippen molar-refractivity contribution >= 4 is 0 Å². The molecule has 2 aromatic rings. The second kappa shape index (κ2) is 6.07. The van der Waals surface area contributed by atoms with Crippen LogP contribution in [0.25, 0.3) is 0 Å². The predicted octanol–water partition coefficient (Wildman–Crippen LogP) is 2.40. The summed E-state index contributed by atoms with van der Waals surface area (Å²) in [7, 11) is 0. The van der Waals surface area contributed by atoms with Gasteiger partial charge in [0.15, 0.2) is 0 Å². The third kappa shape index (κ3) is 2.84. The number of rotatable bonds is 5. The lowest BCUT2D eigenvalue weighted by atomic mass is 10.1. The summed E-state index contributed by atoms with van der Waals surface area (Å²) < 4.78 is 5.51. The standard InChI is InChI=1S/C17H19NO2/c19-12-16-4-2-1-3-15(16)11-18-10-13-5-6-17-14(9-13)7-8-20-17/h1-6,9,18-19H,7-8,10-12H2. The molecule has 0 fully saturated rings. The minimum absolute atomic E-state index is 0.0913. The number of aliphatic hydroxyl groups is 1. The number of hydrogen-bond donors (Lipinski definition) is 2. The van der Waals surface area contributed by atoms with Crippen molar-refractivity contribution in [1.29, 1.82) is 0 Å². The molecule has 2 N–H and O–H groups in total. The average molecular weight is 269 g/mol. The van der Waals surface area contributed by atoms with E-state index in [4.69, 9.17) is 4.74 Å². The third-order valence-electron chi connectivity index (χ3n) is 3.69. The summed E-state index contributed by atoms with van der Waals surface area (Å²) in [6, 6.07) is 14.3. The van der Waals surface area contributed by atoms with E-state index >= 15 is 0 Å². The number of ether oxygens (including phenoxy) is 1. The molecule has 2 aromatic carbocycles. The highest BCUT2D eigenvalue weighted by Gasteiger charge is 2.11. The van der Waals surface area contributed by atoms with Crippen LogP contribution >= 0.6 is 0 Å². The largest absolute Gasteiger partial charge is 0.493 e. The second-order valence-electron chi connectivity index (χ2n) is 5.07. The molecule has 1 aliphatic rings. The molecule has 0 spiro atoms. The number of benzene rings is 2. The molecule has 1 aliphatic heterocycles. The van der Waals surface area contributed by atoms with Crippen molar-refractivity contribution in [2.75, 3.05) is 6.61 Å². The Morgan fingerprint density at radius 3 is 2.75 bits per heavy atom. The molecule has 0 saturated carbocycles. The lowest BCUT2D eigenvalue weighted by Crippen LogP contribution is -2.14. The molecule has 3 heteroatoms. The maximum absolute atomic E-state index is 9.30. The minimum atomic E-state index is 0.0913. The Morgan fingerprint density at radius 2 is 1.90 bits per heavy atom. The van der Waals surface area contributed by atoms with Crippen LogP contribution in [0.5, 0.6) is 5.75 Å². The van der Waals surface area contributed by atoms with Crippen molar-refractivity contribution < 1.29 is 9.84 Å². The maximum atomic E-state index is 9.30. The van der Waals surface area contributed by atoms with Crippen LogP contribution in [0.3, 0.4) is 0 Å². The van der Waals surface area contributed by atoms with Crippen LogP contribution in [-0.2, 0) is 26.1 Å². The van der Waals surface area contributed by atoms with E-state index < -0.39 is 0 Å². The molecular formula is C17H19NO2. The van der Waals surface area contributed by atoms with Gasteiger partial charge in [-0.2, -0.15) is 0 Å². The number of fused-ring (bicyclic) bond motifs is 1. The van der Waals surface area contributed by atoms with Crippen molar-refractivity contribution in [2.24, 2.45) is 0 Å². The first kappa shape index (κ1) is 13.2. The van der Waals surface area contributed by atoms with Gasteiger partial charge in [-0.25, -0.2) is 0 Å². The normalized spacial score (nSPS) is 13.1. The van der Waals surface area contributed by atoms with Gasteiger partial charge in [-0.3, -0.25) is 0 Å². The van der Waals surface area contributed by atoms with Crippen molar-refractivity contribution in [3.05, 3.63) is 64.7 Å². The highest BCUT2D eigenvalue weighted by Crippen LogP contribution is 2.25. The Morgan fingerprint density at radius 1 is 1.05 bits per heavy atom. The molecule has 104 valence electrons. The molecule has 3 rings (SSSR count). The van der Waals surface area contributed by atoms with Gasteiger partial charge in [0.2, 0.25) is 0 Å². The molecule has 0 aromatic heterocycles. The van der Waals surface area contributed by atoms with Crippen molar-refractivity contribution in [1.82, 2.24) is 5.32 Å². The topological polar surface area (TPSA) is 41.5 Å². The van der Waals surface area contributed by atoms with Gasteiger partial charge in [0.05, 0.1) is 13.2 Å². The molecule has 0 bridgehead atoms. The molecule has 3 nitrogen and oxygen atoms in total. The van der Waals surface area contributed by atoms with Gasteiger partial charge in [-0.15, -0.1) is 0 Å². The Labute approximate surface area is 119 Å². The summed E-state index contributed by atoms with van der Waals surface area (Å²) in [6.45, 7) is 2.49. The Balaban J connectivity index is 1.60. The van der Waals surface area contributed by atoms with Crippen molar-refractivity contribution in [3.63, 3.8) is 0 Å². The number of hydrogen-bond acceptors (Lipinski definition) is 3. The first-order chi connectivity index (χ1) is 9.86. The van der Waals surface area contributed by atoms with Gasteiger partial charge in [0, 0.05) is 19.5 Å². The first-order valence-electron chi connectivity index (χ1n) is 7.00. The van der Waals surface area contributed by atoms with Crippen LogP contribution in [-0.4, -0.2) is 11.7 Å². The Hall–Kier alpha value is -1.84. The second-order valence-corrected chi connectivity index (χ2v) is 5.07. The molecule has 1 heterocycles. The lowest BCUT2D eigenvalue weighted by Gasteiger charge is -2.09. The van der Waals surface area contributed by atoms with Crippen LogP contribution in [0.4, 0.5) is 0 Å². The SMILES string of the molecule is OCc1ccccc1CNCc1ccc2c(c1)CCO2. The van der Waals surface area contributed by atoms with Gasteiger partial charge in [-0.1, -0.05) is 36.4 Å². The fourth-order valence-corrected chi connectivity index (χ4v) is 2.58. The molecule has 0 amide bonds. The summed E-state index contributed by atoms with van der Waals surface area (Å²) in [5.41, 5.74) is 4.72.